The number of carbonyl (C=O) groups is 8. The zero-order chi connectivity index (χ0) is 48.8. The van der Waals surface area contributed by atoms with Crippen molar-refractivity contribution < 1.29 is 38.4 Å². The molecular formula is C45H65N13O8. The summed E-state index contributed by atoms with van der Waals surface area (Å²) < 4.78 is 0. The first kappa shape index (κ1) is 51.6. The first-order valence-electron chi connectivity index (χ1n) is 22.0. The number of amides is 8. The predicted octanol–water partition coefficient (Wildman–Crippen LogP) is 0.261. The molecule has 21 nitrogen and oxygen atoms in total. The van der Waals surface area contributed by atoms with Gasteiger partial charge in [-0.05, 0) is 43.7 Å². The number of primary amides is 1. The number of benzene rings is 1. The molecule has 0 radical (unpaired) electrons. The molecule has 0 bridgehead atoms. The van der Waals surface area contributed by atoms with E-state index in [4.69, 9.17) is 5.73 Å². The number of hydrogen-bond donors (Lipinski definition) is 10. The lowest BCUT2D eigenvalue weighted by atomic mass is 10.0. The van der Waals surface area contributed by atoms with Gasteiger partial charge in [0.1, 0.15) is 42.3 Å². The van der Waals surface area contributed by atoms with E-state index < -0.39 is 95.5 Å². The fourth-order valence-corrected chi connectivity index (χ4v) is 7.15. The van der Waals surface area contributed by atoms with Crippen LogP contribution in [0.15, 0.2) is 55.5 Å². The topological polar surface area (TPSA) is 311 Å². The van der Waals surface area contributed by atoms with Gasteiger partial charge in [-0.3, -0.25) is 38.4 Å². The first-order valence-corrected chi connectivity index (χ1v) is 22.0. The Labute approximate surface area is 383 Å². The third-order valence-corrected chi connectivity index (χ3v) is 11.1. The van der Waals surface area contributed by atoms with Crippen LogP contribution in [0.3, 0.4) is 0 Å². The normalized spacial score (nSPS) is 14.6. The van der Waals surface area contributed by atoms with Gasteiger partial charge >= 0.3 is 0 Å². The van der Waals surface area contributed by atoms with Gasteiger partial charge in [0.2, 0.25) is 47.3 Å². The minimum absolute atomic E-state index is 0.0100. The number of rotatable bonds is 24. The van der Waals surface area contributed by atoms with Crippen molar-refractivity contribution in [1.82, 2.24) is 61.7 Å². The molecule has 0 saturated heterocycles. The van der Waals surface area contributed by atoms with E-state index in [1.165, 1.54) is 50.8 Å². The molecule has 0 fully saturated rings. The maximum Gasteiger partial charge on any atom is 0.245 e. The third kappa shape index (κ3) is 14.5. The summed E-state index contributed by atoms with van der Waals surface area (Å²) in [5, 5.41) is 17.0. The van der Waals surface area contributed by atoms with Crippen molar-refractivity contribution in [3.63, 3.8) is 0 Å². The van der Waals surface area contributed by atoms with Crippen molar-refractivity contribution in [3.8, 4) is 0 Å². The van der Waals surface area contributed by atoms with Crippen LogP contribution < -0.4 is 37.6 Å². The van der Waals surface area contributed by atoms with E-state index in [-0.39, 0.29) is 31.1 Å². The number of para-hydroxylation sites is 1. The minimum atomic E-state index is -1.23. The van der Waals surface area contributed by atoms with Crippen LogP contribution in [0.2, 0.25) is 0 Å². The van der Waals surface area contributed by atoms with Gasteiger partial charge in [0, 0.05) is 73.1 Å². The SMILES string of the molecule is CC(C)C[C@@H](C(N)=O)N(C)C(=O)[C@H](Cc1cnc[nH]1)NC(=O)[C@@H](C)NC(=O)[C@@H](NC(=O)[C@H](C)NC(=O)[C@H](Cc1c[nH]c2ccccc12)NC(=O)[C@H](Cc1cnc[nH]1)NC(=O)C(C)C)C(C)C. The molecule has 0 aliphatic heterocycles. The number of nitrogens with zero attached hydrogens (tertiary/aromatic N) is 3. The number of likely N-dealkylation sites (N-methyl/N-ethyl adjacent to an activating group) is 1. The second-order valence-corrected chi connectivity index (χ2v) is 17.7. The fourth-order valence-electron chi connectivity index (χ4n) is 7.15. The molecule has 0 aliphatic rings. The molecule has 7 atom stereocenters. The lowest BCUT2D eigenvalue weighted by Crippen LogP contribution is -2.60. The summed E-state index contributed by atoms with van der Waals surface area (Å²) in [7, 11) is 1.44. The predicted molar refractivity (Wildman–Crippen MR) is 244 cm³/mol. The zero-order valence-corrected chi connectivity index (χ0v) is 39.0. The summed E-state index contributed by atoms with van der Waals surface area (Å²) in [5.41, 5.74) is 8.27. The number of imidazole rings is 2. The van der Waals surface area contributed by atoms with Crippen LogP contribution in [0.1, 0.15) is 78.8 Å². The number of aromatic amines is 3. The molecule has 21 heteroatoms. The molecule has 3 aromatic heterocycles. The summed E-state index contributed by atoms with van der Waals surface area (Å²) in [4.78, 5) is 126. The molecule has 0 spiro atoms. The van der Waals surface area contributed by atoms with Crippen molar-refractivity contribution in [2.24, 2.45) is 23.5 Å². The van der Waals surface area contributed by atoms with Crippen molar-refractivity contribution in [1.29, 1.82) is 0 Å². The molecule has 1 aromatic carbocycles. The van der Waals surface area contributed by atoms with E-state index in [9.17, 15) is 38.4 Å². The van der Waals surface area contributed by atoms with Gasteiger partial charge in [-0.2, -0.15) is 0 Å². The third-order valence-electron chi connectivity index (χ3n) is 11.1. The van der Waals surface area contributed by atoms with Gasteiger partial charge in [-0.25, -0.2) is 9.97 Å². The molecule has 0 aliphatic carbocycles. The summed E-state index contributed by atoms with van der Waals surface area (Å²) in [6.45, 7) is 13.4. The molecule has 11 N–H and O–H groups in total. The Morgan fingerprint density at radius 3 is 1.68 bits per heavy atom. The van der Waals surface area contributed by atoms with Crippen molar-refractivity contribution >= 4 is 58.2 Å². The highest BCUT2D eigenvalue weighted by atomic mass is 16.2. The lowest BCUT2D eigenvalue weighted by Gasteiger charge is -2.31. The monoisotopic (exact) mass is 916 g/mol. The number of nitrogens with one attached hydrogen (secondary N) is 9. The molecule has 3 heterocycles. The van der Waals surface area contributed by atoms with Gasteiger partial charge in [-0.15, -0.1) is 0 Å². The van der Waals surface area contributed by atoms with E-state index in [0.717, 1.165) is 10.9 Å². The van der Waals surface area contributed by atoms with Gasteiger partial charge in [-0.1, -0.05) is 59.7 Å². The Kier molecular flexibility index (Phi) is 18.6. The summed E-state index contributed by atoms with van der Waals surface area (Å²) >= 11 is 0. The average molecular weight is 916 g/mol. The molecule has 4 aromatic rings. The number of carbonyl (C=O) groups excluding carboxylic acids is 8. The van der Waals surface area contributed by atoms with Crippen molar-refractivity contribution in [2.45, 2.75) is 123 Å². The lowest BCUT2D eigenvalue weighted by molar-refractivity contribution is -0.141. The van der Waals surface area contributed by atoms with E-state index >= 15 is 0 Å². The Bertz CT molecular complexity index is 2290. The Hall–Kier alpha value is -7.06. The Balaban J connectivity index is 1.47. The van der Waals surface area contributed by atoms with Crippen LogP contribution in [0.5, 0.6) is 0 Å². The van der Waals surface area contributed by atoms with Gasteiger partial charge in [0.15, 0.2) is 0 Å². The van der Waals surface area contributed by atoms with Gasteiger partial charge in [0.25, 0.3) is 0 Å². The molecule has 0 saturated carbocycles. The number of nitrogens with two attached hydrogens (primary N) is 1. The number of hydrogen-bond acceptors (Lipinski definition) is 10. The fraction of sp³-hybridized carbons (Fsp3) is 0.511. The van der Waals surface area contributed by atoms with E-state index in [0.29, 0.717) is 23.4 Å². The van der Waals surface area contributed by atoms with Crippen LogP contribution >= 0.6 is 0 Å². The highest BCUT2D eigenvalue weighted by molar-refractivity contribution is 5.98. The molecule has 0 unspecified atom stereocenters. The van der Waals surface area contributed by atoms with Crippen molar-refractivity contribution in [2.75, 3.05) is 7.05 Å². The molecular weight excluding hydrogens is 851 g/mol. The maximum absolute atomic E-state index is 14.1. The smallest absolute Gasteiger partial charge is 0.245 e. The second kappa shape index (κ2) is 23.7. The van der Waals surface area contributed by atoms with E-state index in [2.05, 4.69) is 56.8 Å². The standard InChI is InChI=1S/C45H65N13O8/c1-23(2)14-36(38(46)59)58(9)45(66)35(17-30-20-48-22-51-30)56-40(61)26(7)53-44(65)37(24(3)4)57-41(62)27(8)52-42(63)33(15-28-18-49-32-13-11-10-12-31(28)32)55-43(64)34(54-39(60)25(5)6)16-29-19-47-21-50-29/h10-13,18-27,33-37,49H,14-17H2,1-9H3,(H2,46,59)(H,47,50)(H,48,51)(H,52,63)(H,53,65)(H,54,60)(H,55,64)(H,56,61)(H,57,62)/t26-,27+,33+,34+,35+,36+,37+/m1/s1. The summed E-state index contributed by atoms with van der Waals surface area (Å²) in [6, 6.07) is -0.584. The summed E-state index contributed by atoms with van der Waals surface area (Å²) in [6.07, 6.45) is 7.97. The Morgan fingerprint density at radius 2 is 1.14 bits per heavy atom. The first-order chi connectivity index (χ1) is 31.2. The maximum atomic E-state index is 14.1. The molecule has 8 amide bonds. The molecule has 358 valence electrons. The van der Waals surface area contributed by atoms with Crippen LogP contribution in [0, 0.1) is 17.8 Å². The average Bonchev–Trinajstić information content (AvgIpc) is 4.06. The minimum Gasteiger partial charge on any atom is -0.368 e. The van der Waals surface area contributed by atoms with Gasteiger partial charge in [0.05, 0.1) is 12.7 Å². The van der Waals surface area contributed by atoms with E-state index in [1.54, 1.807) is 33.9 Å². The van der Waals surface area contributed by atoms with Crippen LogP contribution in [0.25, 0.3) is 10.9 Å². The number of aromatic nitrogens is 5. The number of fused-ring (bicyclic) bond motifs is 1. The van der Waals surface area contributed by atoms with E-state index in [1.807, 2.05) is 38.1 Å². The Morgan fingerprint density at radius 1 is 0.621 bits per heavy atom. The highest BCUT2D eigenvalue weighted by Crippen LogP contribution is 2.20. The van der Waals surface area contributed by atoms with Crippen molar-refractivity contribution in [3.05, 3.63) is 72.5 Å². The quantitative estimate of drug-likeness (QED) is 0.0457. The second-order valence-electron chi connectivity index (χ2n) is 17.7. The largest absolute Gasteiger partial charge is 0.368 e. The highest BCUT2D eigenvalue weighted by Gasteiger charge is 2.35. The van der Waals surface area contributed by atoms with Crippen LogP contribution in [0.4, 0.5) is 0 Å². The van der Waals surface area contributed by atoms with Crippen LogP contribution in [-0.2, 0) is 57.6 Å². The van der Waals surface area contributed by atoms with Crippen LogP contribution in [-0.4, -0.2) is 126 Å². The zero-order valence-electron chi connectivity index (χ0n) is 39.0. The van der Waals surface area contributed by atoms with Gasteiger partial charge < -0.3 is 57.5 Å². The number of H-pyrrole nitrogens is 3. The molecule has 4 rings (SSSR count). The summed E-state index contributed by atoms with van der Waals surface area (Å²) in [5.74, 6) is -6.07. The molecule has 66 heavy (non-hydrogen) atoms.